The Hall–Kier alpha value is -2.87. The van der Waals surface area contributed by atoms with Crippen molar-refractivity contribution in [3.8, 4) is 0 Å². The van der Waals surface area contributed by atoms with Crippen molar-refractivity contribution in [2.75, 3.05) is 6.54 Å². The number of hydrogen-bond acceptors (Lipinski definition) is 5. The maximum absolute atomic E-state index is 11.9. The van der Waals surface area contributed by atoms with E-state index in [0.29, 0.717) is 5.76 Å². The molecule has 8 nitrogen and oxygen atoms in total. The van der Waals surface area contributed by atoms with Gasteiger partial charge in [-0.2, -0.15) is 0 Å². The van der Waals surface area contributed by atoms with Crippen molar-refractivity contribution in [2.24, 2.45) is 0 Å². The van der Waals surface area contributed by atoms with Gasteiger partial charge in [0.1, 0.15) is 10.8 Å². The summed E-state index contributed by atoms with van der Waals surface area (Å²) in [5, 5.41) is 15.6. The molecule has 0 fully saturated rings. The third kappa shape index (κ3) is 4.55. The summed E-state index contributed by atoms with van der Waals surface area (Å²) >= 11 is 5.67. The number of furan rings is 1. The lowest BCUT2D eigenvalue weighted by atomic mass is 10.2. The molecule has 1 heterocycles. The second-order valence-corrected chi connectivity index (χ2v) is 4.87. The molecule has 2 amide bonds. The van der Waals surface area contributed by atoms with E-state index in [-0.39, 0.29) is 29.4 Å². The van der Waals surface area contributed by atoms with Crippen LogP contribution in [-0.2, 0) is 11.3 Å². The third-order valence-corrected chi connectivity index (χ3v) is 3.17. The normalized spacial score (nSPS) is 10.1. The molecule has 2 N–H and O–H groups in total. The van der Waals surface area contributed by atoms with E-state index in [0.717, 1.165) is 6.07 Å². The number of carbonyl (C=O) groups excluding carboxylic acids is 2. The lowest BCUT2D eigenvalue weighted by molar-refractivity contribution is -0.384. The minimum absolute atomic E-state index is 0.0416. The van der Waals surface area contributed by atoms with Crippen LogP contribution in [0.3, 0.4) is 0 Å². The highest BCUT2D eigenvalue weighted by Crippen LogP contribution is 2.24. The third-order valence-electron chi connectivity index (χ3n) is 2.85. The number of carbonyl (C=O) groups is 2. The van der Waals surface area contributed by atoms with Crippen LogP contribution in [0, 0.1) is 10.1 Å². The van der Waals surface area contributed by atoms with Crippen molar-refractivity contribution >= 4 is 29.1 Å². The number of benzene rings is 1. The minimum Gasteiger partial charge on any atom is -0.467 e. The molecule has 0 saturated carbocycles. The van der Waals surface area contributed by atoms with Crippen LogP contribution in [0.15, 0.2) is 41.0 Å². The van der Waals surface area contributed by atoms with Gasteiger partial charge in [-0.05, 0) is 24.3 Å². The summed E-state index contributed by atoms with van der Waals surface area (Å²) in [6.07, 6.45) is 1.48. The van der Waals surface area contributed by atoms with Gasteiger partial charge < -0.3 is 15.1 Å². The molecule has 0 aliphatic carbocycles. The van der Waals surface area contributed by atoms with Crippen molar-refractivity contribution in [1.29, 1.82) is 0 Å². The van der Waals surface area contributed by atoms with Crippen molar-refractivity contribution in [3.05, 3.63) is 63.1 Å². The van der Waals surface area contributed by atoms with E-state index in [1.54, 1.807) is 12.1 Å². The summed E-state index contributed by atoms with van der Waals surface area (Å²) in [5.74, 6) is -0.450. The number of nitrogens with one attached hydrogen (secondary N) is 2. The molecule has 0 aliphatic heterocycles. The molecule has 0 spiro atoms. The van der Waals surface area contributed by atoms with Crippen LogP contribution in [0.4, 0.5) is 5.69 Å². The monoisotopic (exact) mass is 337 g/mol. The Morgan fingerprint density at radius 3 is 2.70 bits per heavy atom. The van der Waals surface area contributed by atoms with Gasteiger partial charge in [0.15, 0.2) is 0 Å². The lowest BCUT2D eigenvalue weighted by Crippen LogP contribution is -2.36. The molecule has 0 atom stereocenters. The highest BCUT2D eigenvalue weighted by molar-refractivity contribution is 6.32. The van der Waals surface area contributed by atoms with Crippen LogP contribution in [0.2, 0.25) is 5.02 Å². The van der Waals surface area contributed by atoms with Crippen LogP contribution in [0.25, 0.3) is 0 Å². The predicted octanol–water partition coefficient (Wildman–Crippen LogP) is 1.89. The van der Waals surface area contributed by atoms with E-state index in [1.807, 2.05) is 0 Å². The van der Waals surface area contributed by atoms with Gasteiger partial charge in [-0.15, -0.1) is 0 Å². The fourth-order valence-corrected chi connectivity index (χ4v) is 1.90. The van der Waals surface area contributed by atoms with Gasteiger partial charge in [-0.1, -0.05) is 11.6 Å². The van der Waals surface area contributed by atoms with Crippen LogP contribution in [-0.4, -0.2) is 23.3 Å². The van der Waals surface area contributed by atoms with Crippen molar-refractivity contribution in [1.82, 2.24) is 10.6 Å². The van der Waals surface area contributed by atoms with Crippen molar-refractivity contribution in [3.63, 3.8) is 0 Å². The largest absolute Gasteiger partial charge is 0.467 e. The second-order valence-electron chi connectivity index (χ2n) is 4.46. The molecular formula is C14H12ClN3O5. The highest BCUT2D eigenvalue weighted by atomic mass is 35.5. The summed E-state index contributed by atoms with van der Waals surface area (Å²) in [5.41, 5.74) is -0.332. The molecular weight excluding hydrogens is 326 g/mol. The standard InChI is InChI=1S/C14H12ClN3O5/c15-11-4-3-9(6-12(11)18(21)22)14(20)17-8-13(19)16-7-10-2-1-5-23-10/h1-6H,7-8H2,(H,16,19)(H,17,20). The Kier molecular flexibility index (Phi) is 5.32. The number of amides is 2. The van der Waals surface area contributed by atoms with Gasteiger partial charge in [-0.3, -0.25) is 19.7 Å². The number of nitro benzene ring substituents is 1. The van der Waals surface area contributed by atoms with Gasteiger partial charge in [0.05, 0.1) is 24.3 Å². The molecule has 23 heavy (non-hydrogen) atoms. The smallest absolute Gasteiger partial charge is 0.288 e. The fourth-order valence-electron chi connectivity index (χ4n) is 1.72. The molecule has 9 heteroatoms. The molecule has 0 bridgehead atoms. The first-order valence-electron chi connectivity index (χ1n) is 6.48. The summed E-state index contributed by atoms with van der Waals surface area (Å²) in [6.45, 7) is -0.0654. The molecule has 2 rings (SSSR count). The summed E-state index contributed by atoms with van der Waals surface area (Å²) in [4.78, 5) is 33.6. The molecule has 0 unspecified atom stereocenters. The van der Waals surface area contributed by atoms with Crippen LogP contribution in [0.1, 0.15) is 16.1 Å². The molecule has 0 saturated heterocycles. The van der Waals surface area contributed by atoms with Crippen LogP contribution < -0.4 is 10.6 Å². The summed E-state index contributed by atoms with van der Waals surface area (Å²) in [7, 11) is 0. The molecule has 1 aromatic heterocycles. The molecule has 1 aromatic carbocycles. The SMILES string of the molecule is O=C(CNC(=O)c1ccc(Cl)c([N+](=O)[O-])c1)NCc1ccco1. The maximum Gasteiger partial charge on any atom is 0.288 e. The summed E-state index contributed by atoms with van der Waals surface area (Å²) in [6, 6.07) is 7.04. The van der Waals surface area contributed by atoms with E-state index >= 15 is 0 Å². The Morgan fingerprint density at radius 2 is 2.04 bits per heavy atom. The van der Waals surface area contributed by atoms with Crippen LogP contribution >= 0.6 is 11.6 Å². The molecule has 0 aliphatic rings. The van der Waals surface area contributed by atoms with Gasteiger partial charge >= 0.3 is 0 Å². The first-order chi connectivity index (χ1) is 11.0. The van der Waals surface area contributed by atoms with Gasteiger partial charge in [0.25, 0.3) is 11.6 Å². The second kappa shape index (κ2) is 7.41. The quantitative estimate of drug-likeness (QED) is 0.617. The topological polar surface area (TPSA) is 114 Å². The van der Waals surface area contributed by atoms with E-state index in [4.69, 9.17) is 16.0 Å². The number of halogens is 1. The van der Waals surface area contributed by atoms with Gasteiger partial charge in [0.2, 0.25) is 5.91 Å². The van der Waals surface area contributed by atoms with E-state index in [1.165, 1.54) is 18.4 Å². The highest BCUT2D eigenvalue weighted by Gasteiger charge is 2.16. The maximum atomic E-state index is 11.9. The fraction of sp³-hybridized carbons (Fsp3) is 0.143. The number of rotatable bonds is 6. The zero-order chi connectivity index (χ0) is 16.8. The Bertz CT molecular complexity index is 730. The lowest BCUT2D eigenvalue weighted by Gasteiger charge is -2.06. The molecule has 120 valence electrons. The summed E-state index contributed by atoms with van der Waals surface area (Å²) < 4.78 is 5.05. The molecule has 2 aromatic rings. The van der Waals surface area contributed by atoms with Crippen molar-refractivity contribution in [2.45, 2.75) is 6.54 Å². The molecule has 0 radical (unpaired) electrons. The number of hydrogen-bond donors (Lipinski definition) is 2. The Labute approximate surface area is 135 Å². The number of nitro groups is 1. The number of nitrogens with zero attached hydrogens (tertiary/aromatic N) is 1. The van der Waals surface area contributed by atoms with E-state index in [2.05, 4.69) is 10.6 Å². The zero-order valence-corrected chi connectivity index (χ0v) is 12.5. The Morgan fingerprint density at radius 1 is 1.26 bits per heavy atom. The minimum atomic E-state index is -0.685. The first-order valence-corrected chi connectivity index (χ1v) is 6.86. The average molecular weight is 338 g/mol. The van der Waals surface area contributed by atoms with Crippen molar-refractivity contribution < 1.29 is 18.9 Å². The van der Waals surface area contributed by atoms with E-state index in [9.17, 15) is 19.7 Å². The average Bonchev–Trinajstić information content (AvgIpc) is 3.04. The Balaban J connectivity index is 1.88. The van der Waals surface area contributed by atoms with E-state index < -0.39 is 16.7 Å². The van der Waals surface area contributed by atoms with Gasteiger partial charge in [0, 0.05) is 11.6 Å². The van der Waals surface area contributed by atoms with Gasteiger partial charge in [-0.25, -0.2) is 0 Å². The zero-order valence-electron chi connectivity index (χ0n) is 11.7. The first kappa shape index (κ1) is 16.5. The predicted molar refractivity (Wildman–Crippen MR) is 81.0 cm³/mol. The van der Waals surface area contributed by atoms with Crippen LogP contribution in [0.5, 0.6) is 0 Å².